The van der Waals surface area contributed by atoms with E-state index < -0.39 is 0 Å². The van der Waals surface area contributed by atoms with Gasteiger partial charge in [0.15, 0.2) is 0 Å². The minimum absolute atomic E-state index is 0.112. The Labute approximate surface area is 135 Å². The van der Waals surface area contributed by atoms with Crippen LogP contribution >= 0.6 is 70.7 Å². The van der Waals surface area contributed by atoms with Crippen LogP contribution in [-0.4, -0.2) is 0 Å². The van der Waals surface area contributed by atoms with Gasteiger partial charge in [-0.05, 0) is 52.7 Å². The number of hydrogen-bond donors (Lipinski definition) is 0. The number of hydrogen-bond acceptors (Lipinski definition) is 1. The van der Waals surface area contributed by atoms with Gasteiger partial charge in [0, 0.05) is 23.2 Å². The van der Waals surface area contributed by atoms with E-state index in [9.17, 15) is 0 Å². The van der Waals surface area contributed by atoms with Crippen molar-refractivity contribution in [2.45, 2.75) is 12.3 Å². The van der Waals surface area contributed by atoms with E-state index in [1.807, 2.05) is 18.2 Å². The molecule has 0 amide bonds. The highest BCUT2D eigenvalue weighted by atomic mass is 79.9. The molecule has 1 aromatic carbocycles. The molecule has 0 aliphatic carbocycles. The molecule has 1 aromatic heterocycles. The average Bonchev–Trinajstić information content (AvgIpc) is 2.57. The molecule has 0 radical (unpaired) electrons. The third kappa shape index (κ3) is 3.35. The Balaban J connectivity index is 2.39. The summed E-state index contributed by atoms with van der Waals surface area (Å²) in [6, 6.07) is 8.19. The summed E-state index contributed by atoms with van der Waals surface area (Å²) < 4.78 is 3.18. The van der Waals surface area contributed by atoms with Crippen LogP contribution in [0.2, 0.25) is 0 Å². The van der Waals surface area contributed by atoms with Crippen molar-refractivity contribution in [3.05, 3.63) is 53.0 Å². The van der Waals surface area contributed by atoms with Gasteiger partial charge < -0.3 is 0 Å². The lowest BCUT2D eigenvalue weighted by molar-refractivity contribution is 1.17. The first-order valence-electron chi connectivity index (χ1n) is 4.83. The van der Waals surface area contributed by atoms with Gasteiger partial charge in [-0.25, -0.2) is 0 Å². The molecule has 0 aliphatic heterocycles. The van der Waals surface area contributed by atoms with Crippen molar-refractivity contribution in [3.63, 3.8) is 0 Å². The van der Waals surface area contributed by atoms with Gasteiger partial charge in [0.1, 0.15) is 0 Å². The molecule has 90 valence electrons. The van der Waals surface area contributed by atoms with E-state index in [1.165, 1.54) is 4.88 Å². The zero-order chi connectivity index (χ0) is 12.6. The van der Waals surface area contributed by atoms with Gasteiger partial charge >= 0.3 is 0 Å². The van der Waals surface area contributed by atoms with Gasteiger partial charge in [-0.1, -0.05) is 31.9 Å². The van der Waals surface area contributed by atoms with E-state index >= 15 is 0 Å². The summed E-state index contributed by atoms with van der Waals surface area (Å²) in [4.78, 5) is 2.40. The number of alkyl halides is 1. The normalized spacial score (nSPS) is 12.8. The summed E-state index contributed by atoms with van der Waals surface area (Å²) in [5, 5.41) is -0.112. The lowest BCUT2D eigenvalue weighted by atomic mass is 10.1. The van der Waals surface area contributed by atoms with Gasteiger partial charge in [-0.3, -0.25) is 0 Å². The van der Waals surface area contributed by atoms with Gasteiger partial charge in [0.05, 0.1) is 5.38 Å². The van der Waals surface area contributed by atoms with Gasteiger partial charge in [-0.2, -0.15) is 0 Å². The molecule has 1 atom stereocenters. The molecule has 0 N–H and O–H groups in total. The number of rotatable bonds is 2. The summed E-state index contributed by atoms with van der Waals surface area (Å²) in [5.74, 6) is 0. The molecule has 0 spiro atoms. The second kappa shape index (κ2) is 5.74. The molecule has 2 rings (SSSR count). The second-order valence-corrected chi connectivity index (χ2v) is 8.03. The Morgan fingerprint density at radius 3 is 2.12 bits per heavy atom. The monoisotopic (exact) mass is 456 g/mol. The Morgan fingerprint density at radius 1 is 1.06 bits per heavy atom. The highest BCUT2D eigenvalue weighted by molar-refractivity contribution is 9.11. The third-order valence-electron chi connectivity index (χ3n) is 2.30. The predicted molar refractivity (Wildman–Crippen MR) is 86.3 cm³/mol. The lowest BCUT2D eigenvalue weighted by Gasteiger charge is -2.09. The summed E-state index contributed by atoms with van der Waals surface area (Å²) >= 11 is 18.7. The Morgan fingerprint density at radius 2 is 1.65 bits per heavy atom. The SMILES string of the molecule is Cc1sc(C(Cl)c2cc(Br)cc(Br)c2)cc1Br. The first kappa shape index (κ1) is 14.1. The standard InChI is InChI=1S/C12H8Br3ClS/c1-6-10(15)5-11(17-6)12(16)7-2-8(13)4-9(14)3-7/h2-5,12H,1H3. The molecule has 0 fully saturated rings. The largest absolute Gasteiger partial charge is 0.143 e. The highest BCUT2D eigenvalue weighted by Crippen LogP contribution is 2.38. The van der Waals surface area contributed by atoms with Crippen molar-refractivity contribution >= 4 is 70.7 Å². The van der Waals surface area contributed by atoms with E-state index in [-0.39, 0.29) is 5.38 Å². The van der Waals surface area contributed by atoms with Crippen molar-refractivity contribution in [3.8, 4) is 0 Å². The van der Waals surface area contributed by atoms with E-state index in [0.29, 0.717) is 0 Å². The fourth-order valence-electron chi connectivity index (χ4n) is 1.49. The molecule has 17 heavy (non-hydrogen) atoms. The molecule has 1 unspecified atom stereocenters. The van der Waals surface area contributed by atoms with E-state index in [0.717, 1.165) is 23.9 Å². The van der Waals surface area contributed by atoms with Gasteiger partial charge in [-0.15, -0.1) is 22.9 Å². The van der Waals surface area contributed by atoms with Crippen LogP contribution in [0, 0.1) is 6.92 Å². The smallest absolute Gasteiger partial charge is 0.0929 e. The minimum atomic E-state index is -0.112. The molecule has 0 bridgehead atoms. The summed E-state index contributed by atoms with van der Waals surface area (Å²) in [7, 11) is 0. The van der Waals surface area contributed by atoms with Crippen LogP contribution in [0.3, 0.4) is 0 Å². The van der Waals surface area contributed by atoms with Crippen LogP contribution in [0.1, 0.15) is 20.7 Å². The van der Waals surface area contributed by atoms with Crippen LogP contribution < -0.4 is 0 Å². The number of benzene rings is 1. The Bertz CT molecular complexity index is 511. The van der Waals surface area contributed by atoms with Crippen molar-refractivity contribution in [2.75, 3.05) is 0 Å². The quantitative estimate of drug-likeness (QED) is 0.440. The third-order valence-corrected chi connectivity index (χ3v) is 6.04. The maximum Gasteiger partial charge on any atom is 0.0929 e. The maximum absolute atomic E-state index is 6.51. The van der Waals surface area contributed by atoms with Crippen LogP contribution in [-0.2, 0) is 0 Å². The summed E-state index contributed by atoms with van der Waals surface area (Å²) in [6.07, 6.45) is 0. The molecule has 0 nitrogen and oxygen atoms in total. The Kier molecular flexibility index (Phi) is 4.75. The van der Waals surface area contributed by atoms with Crippen molar-refractivity contribution < 1.29 is 0 Å². The first-order valence-corrected chi connectivity index (χ1v) is 8.46. The molecule has 0 saturated heterocycles. The van der Waals surface area contributed by atoms with Crippen molar-refractivity contribution in [2.24, 2.45) is 0 Å². The number of halogens is 4. The zero-order valence-electron chi connectivity index (χ0n) is 8.81. The second-order valence-electron chi connectivity index (χ2n) is 3.62. The van der Waals surface area contributed by atoms with E-state index in [2.05, 4.69) is 60.8 Å². The van der Waals surface area contributed by atoms with Crippen LogP contribution in [0.4, 0.5) is 0 Å². The topological polar surface area (TPSA) is 0 Å². The zero-order valence-corrected chi connectivity index (χ0v) is 15.1. The fourth-order valence-corrected chi connectivity index (χ4v) is 4.71. The molecule has 1 heterocycles. The van der Waals surface area contributed by atoms with Crippen LogP contribution in [0.15, 0.2) is 37.7 Å². The summed E-state index contributed by atoms with van der Waals surface area (Å²) in [5.41, 5.74) is 1.08. The van der Waals surface area contributed by atoms with Crippen molar-refractivity contribution in [1.29, 1.82) is 0 Å². The van der Waals surface area contributed by atoms with E-state index in [1.54, 1.807) is 11.3 Å². The number of thiophene rings is 1. The molecule has 0 saturated carbocycles. The van der Waals surface area contributed by atoms with Gasteiger partial charge in [0.2, 0.25) is 0 Å². The van der Waals surface area contributed by atoms with E-state index in [4.69, 9.17) is 11.6 Å². The molecule has 0 aliphatic rings. The Hall–Kier alpha value is 0.650. The molecular weight excluding hydrogens is 451 g/mol. The molecule has 5 heteroatoms. The van der Waals surface area contributed by atoms with Crippen LogP contribution in [0.5, 0.6) is 0 Å². The maximum atomic E-state index is 6.51. The number of aryl methyl sites for hydroxylation is 1. The fraction of sp³-hybridized carbons (Fsp3) is 0.167. The highest BCUT2D eigenvalue weighted by Gasteiger charge is 2.15. The van der Waals surface area contributed by atoms with Gasteiger partial charge in [0.25, 0.3) is 0 Å². The average molecular weight is 459 g/mol. The summed E-state index contributed by atoms with van der Waals surface area (Å²) in [6.45, 7) is 2.08. The van der Waals surface area contributed by atoms with Crippen molar-refractivity contribution in [1.82, 2.24) is 0 Å². The minimum Gasteiger partial charge on any atom is -0.143 e. The lowest BCUT2D eigenvalue weighted by Crippen LogP contribution is -1.90. The molecule has 2 aromatic rings. The molecular formula is C12H8Br3ClS. The van der Waals surface area contributed by atoms with Crippen LogP contribution in [0.25, 0.3) is 0 Å². The first-order chi connectivity index (χ1) is 7.97. The predicted octanol–water partition coefficient (Wildman–Crippen LogP) is 6.67.